The van der Waals surface area contributed by atoms with Crippen LogP contribution in [0.25, 0.3) is 10.8 Å². The molecular formula is C18H22N2O. The molecule has 1 fully saturated rings. The lowest BCUT2D eigenvalue weighted by atomic mass is 9.67. The van der Waals surface area contributed by atoms with Crippen LogP contribution in [0.3, 0.4) is 0 Å². The van der Waals surface area contributed by atoms with E-state index in [1.54, 1.807) is 6.20 Å². The number of benzene rings is 1. The molecule has 2 N–H and O–H groups in total. The predicted octanol–water partition coefficient (Wildman–Crippen LogP) is 3.57. The van der Waals surface area contributed by atoms with E-state index in [4.69, 9.17) is 5.73 Å². The summed E-state index contributed by atoms with van der Waals surface area (Å²) in [6.45, 7) is 2.69. The van der Waals surface area contributed by atoms with Gasteiger partial charge < -0.3 is 5.73 Å². The molecule has 1 aromatic heterocycles. The standard InChI is InChI=1S/C18H22N2O/c1-13-6-8-18(12-19,9-7-13)17(21)16-11-20-10-14-4-2-3-5-15(14)16/h2-5,10-11,13H,6-9,12,19H2,1H3. The number of ketones is 1. The molecule has 1 saturated carbocycles. The molecule has 3 nitrogen and oxygen atoms in total. The molecular weight excluding hydrogens is 260 g/mol. The van der Waals surface area contributed by atoms with Crippen molar-refractivity contribution < 1.29 is 4.79 Å². The van der Waals surface area contributed by atoms with Gasteiger partial charge in [0, 0.05) is 35.3 Å². The van der Waals surface area contributed by atoms with Gasteiger partial charge in [-0.2, -0.15) is 0 Å². The molecule has 0 radical (unpaired) electrons. The maximum Gasteiger partial charge on any atom is 0.172 e. The molecule has 110 valence electrons. The summed E-state index contributed by atoms with van der Waals surface area (Å²) in [6, 6.07) is 7.94. The van der Waals surface area contributed by atoms with Gasteiger partial charge in [0.1, 0.15) is 0 Å². The smallest absolute Gasteiger partial charge is 0.172 e. The average Bonchev–Trinajstić information content (AvgIpc) is 2.55. The number of nitrogens with two attached hydrogens (primary N) is 1. The molecule has 0 atom stereocenters. The summed E-state index contributed by atoms with van der Waals surface area (Å²) >= 11 is 0. The molecule has 0 amide bonds. The molecule has 0 spiro atoms. The number of carbonyl (C=O) groups excluding carboxylic acids is 1. The summed E-state index contributed by atoms with van der Waals surface area (Å²) in [5.74, 6) is 0.879. The van der Waals surface area contributed by atoms with Crippen molar-refractivity contribution in [1.82, 2.24) is 4.98 Å². The zero-order valence-corrected chi connectivity index (χ0v) is 12.5. The van der Waals surface area contributed by atoms with Crippen molar-refractivity contribution in [2.75, 3.05) is 6.54 Å². The molecule has 0 saturated heterocycles. The Balaban J connectivity index is 2.03. The Morgan fingerprint density at radius 3 is 2.71 bits per heavy atom. The second-order valence-corrected chi connectivity index (χ2v) is 6.40. The highest BCUT2D eigenvalue weighted by Gasteiger charge is 2.40. The van der Waals surface area contributed by atoms with Gasteiger partial charge in [-0.3, -0.25) is 9.78 Å². The summed E-state index contributed by atoms with van der Waals surface area (Å²) in [4.78, 5) is 17.4. The van der Waals surface area contributed by atoms with Crippen LogP contribution in [-0.2, 0) is 0 Å². The van der Waals surface area contributed by atoms with Crippen molar-refractivity contribution in [1.29, 1.82) is 0 Å². The van der Waals surface area contributed by atoms with Crippen LogP contribution in [0.2, 0.25) is 0 Å². The molecule has 3 rings (SSSR count). The number of Topliss-reactive ketones (excluding diaryl/α,β-unsaturated/α-hetero) is 1. The van der Waals surface area contributed by atoms with Crippen molar-refractivity contribution >= 4 is 16.6 Å². The molecule has 1 aliphatic rings. The van der Waals surface area contributed by atoms with Crippen LogP contribution in [-0.4, -0.2) is 17.3 Å². The van der Waals surface area contributed by atoms with E-state index in [9.17, 15) is 4.79 Å². The Morgan fingerprint density at radius 1 is 1.29 bits per heavy atom. The van der Waals surface area contributed by atoms with Gasteiger partial charge in [-0.05, 0) is 37.0 Å². The van der Waals surface area contributed by atoms with Gasteiger partial charge in [0.05, 0.1) is 0 Å². The number of nitrogens with zero attached hydrogens (tertiary/aromatic N) is 1. The van der Waals surface area contributed by atoms with Gasteiger partial charge in [0.15, 0.2) is 5.78 Å². The molecule has 0 unspecified atom stereocenters. The largest absolute Gasteiger partial charge is 0.329 e. The first-order chi connectivity index (χ1) is 10.2. The number of aromatic nitrogens is 1. The van der Waals surface area contributed by atoms with Crippen molar-refractivity contribution in [2.45, 2.75) is 32.6 Å². The van der Waals surface area contributed by atoms with Crippen molar-refractivity contribution in [3.63, 3.8) is 0 Å². The van der Waals surface area contributed by atoms with Crippen LogP contribution in [0, 0.1) is 11.3 Å². The van der Waals surface area contributed by atoms with Crippen molar-refractivity contribution in [3.8, 4) is 0 Å². The maximum atomic E-state index is 13.2. The summed E-state index contributed by atoms with van der Waals surface area (Å²) in [6.07, 6.45) is 7.48. The first-order valence-electron chi connectivity index (χ1n) is 7.74. The lowest BCUT2D eigenvalue weighted by Gasteiger charge is -2.37. The number of fused-ring (bicyclic) bond motifs is 1. The molecule has 3 heteroatoms. The minimum Gasteiger partial charge on any atom is -0.329 e. The summed E-state index contributed by atoms with van der Waals surface area (Å²) in [5, 5.41) is 2.00. The van der Waals surface area contributed by atoms with Crippen LogP contribution in [0.15, 0.2) is 36.7 Å². The highest BCUT2D eigenvalue weighted by Crippen LogP contribution is 2.41. The third kappa shape index (κ3) is 2.46. The van der Waals surface area contributed by atoms with Gasteiger partial charge in [-0.1, -0.05) is 31.2 Å². The van der Waals surface area contributed by atoms with E-state index in [1.807, 2.05) is 30.5 Å². The van der Waals surface area contributed by atoms with Gasteiger partial charge in [0.2, 0.25) is 0 Å². The first kappa shape index (κ1) is 14.2. The summed E-state index contributed by atoms with van der Waals surface area (Å²) < 4.78 is 0. The van der Waals surface area contributed by atoms with E-state index in [2.05, 4.69) is 11.9 Å². The molecule has 0 aliphatic heterocycles. The minimum atomic E-state index is -0.391. The van der Waals surface area contributed by atoms with Crippen molar-refractivity contribution in [2.24, 2.45) is 17.1 Å². The topological polar surface area (TPSA) is 56.0 Å². The van der Waals surface area contributed by atoms with Crippen LogP contribution in [0.4, 0.5) is 0 Å². The zero-order valence-electron chi connectivity index (χ0n) is 12.5. The fourth-order valence-electron chi connectivity index (χ4n) is 3.42. The quantitative estimate of drug-likeness (QED) is 0.875. The van der Waals surface area contributed by atoms with E-state index in [0.717, 1.165) is 42.0 Å². The Hall–Kier alpha value is -1.74. The van der Waals surface area contributed by atoms with E-state index >= 15 is 0 Å². The van der Waals surface area contributed by atoms with E-state index in [-0.39, 0.29) is 5.78 Å². The highest BCUT2D eigenvalue weighted by molar-refractivity contribution is 6.10. The molecule has 2 aromatic rings. The van der Waals surface area contributed by atoms with Gasteiger partial charge in [-0.25, -0.2) is 0 Å². The third-order valence-electron chi connectivity index (χ3n) is 5.02. The second-order valence-electron chi connectivity index (χ2n) is 6.40. The van der Waals surface area contributed by atoms with Crippen molar-refractivity contribution in [3.05, 3.63) is 42.2 Å². The third-order valence-corrected chi connectivity index (χ3v) is 5.02. The maximum absolute atomic E-state index is 13.2. The monoisotopic (exact) mass is 282 g/mol. The van der Waals surface area contributed by atoms with E-state index in [1.165, 1.54) is 0 Å². The molecule has 1 aromatic carbocycles. The highest BCUT2D eigenvalue weighted by atomic mass is 16.1. The Kier molecular flexibility index (Phi) is 3.77. The minimum absolute atomic E-state index is 0.182. The van der Waals surface area contributed by atoms with Gasteiger partial charge in [0.25, 0.3) is 0 Å². The SMILES string of the molecule is CC1CCC(CN)(C(=O)c2cncc3ccccc23)CC1. The fourth-order valence-corrected chi connectivity index (χ4v) is 3.42. The predicted molar refractivity (Wildman–Crippen MR) is 85.2 cm³/mol. The van der Waals surface area contributed by atoms with Gasteiger partial charge in [-0.15, -0.1) is 0 Å². The van der Waals surface area contributed by atoms with Crippen LogP contribution < -0.4 is 5.73 Å². The Labute approximate surface area is 125 Å². The lowest BCUT2D eigenvalue weighted by Crippen LogP contribution is -2.41. The molecule has 0 bridgehead atoms. The Bertz CT molecular complexity index is 652. The lowest BCUT2D eigenvalue weighted by molar-refractivity contribution is 0.0697. The van der Waals surface area contributed by atoms with Crippen LogP contribution >= 0.6 is 0 Å². The van der Waals surface area contributed by atoms with Crippen LogP contribution in [0.5, 0.6) is 0 Å². The number of pyridine rings is 1. The van der Waals surface area contributed by atoms with Gasteiger partial charge >= 0.3 is 0 Å². The average molecular weight is 282 g/mol. The molecule has 1 aliphatic carbocycles. The molecule has 1 heterocycles. The fraction of sp³-hybridized carbons (Fsp3) is 0.444. The molecule has 21 heavy (non-hydrogen) atoms. The zero-order chi connectivity index (χ0) is 14.9. The number of rotatable bonds is 3. The van der Waals surface area contributed by atoms with E-state index < -0.39 is 5.41 Å². The second kappa shape index (κ2) is 5.57. The summed E-state index contributed by atoms with van der Waals surface area (Å²) in [7, 11) is 0. The summed E-state index contributed by atoms with van der Waals surface area (Å²) in [5.41, 5.74) is 6.36. The number of hydrogen-bond donors (Lipinski definition) is 1. The van der Waals surface area contributed by atoms with Crippen LogP contribution in [0.1, 0.15) is 43.0 Å². The Morgan fingerprint density at radius 2 is 2.00 bits per heavy atom. The number of carbonyl (C=O) groups is 1. The number of hydrogen-bond acceptors (Lipinski definition) is 3. The first-order valence-corrected chi connectivity index (χ1v) is 7.74. The van der Waals surface area contributed by atoms with E-state index in [0.29, 0.717) is 12.5 Å². The normalized spacial score (nSPS) is 25.9.